The second kappa shape index (κ2) is 18.6. The summed E-state index contributed by atoms with van der Waals surface area (Å²) in [7, 11) is -1.29. The van der Waals surface area contributed by atoms with Gasteiger partial charge in [0.1, 0.15) is 10.3 Å². The molecule has 2 heterocycles. The molecule has 8 aromatic rings. The van der Waals surface area contributed by atoms with E-state index in [1.807, 2.05) is 85.1 Å². The molecule has 1 atom stereocenters. The average molecular weight is 863 g/mol. The number of thioether (sulfide) groups is 1. The van der Waals surface area contributed by atoms with Crippen LogP contribution >= 0.6 is 58.2 Å². The minimum atomic E-state index is -1.29. The molecule has 0 bridgehead atoms. The summed E-state index contributed by atoms with van der Waals surface area (Å²) in [5, 5.41) is 1.81. The van der Waals surface area contributed by atoms with Crippen molar-refractivity contribution in [2.75, 3.05) is 12.5 Å². The summed E-state index contributed by atoms with van der Waals surface area (Å²) in [6.07, 6.45) is 3.57. The SMILES string of the molecule is CS(=O)c1c(Cl)cccc1-c1nc(Cl)cc(-c2ccc(-c3ccccc3)cc2)n1.CSc1c(Cl)cccc1-c1nc(Cl)cc(-c2ccc(-c3ccccc3)cc2)n1. The van der Waals surface area contributed by atoms with E-state index >= 15 is 0 Å². The van der Waals surface area contributed by atoms with Crippen LogP contribution in [-0.4, -0.2) is 36.7 Å². The third-order valence-electron chi connectivity index (χ3n) is 8.87. The van der Waals surface area contributed by atoms with Crippen LogP contribution in [0.5, 0.6) is 0 Å². The van der Waals surface area contributed by atoms with Crippen LogP contribution in [0, 0.1) is 0 Å². The van der Waals surface area contributed by atoms with E-state index in [4.69, 9.17) is 51.4 Å². The molecule has 0 N–H and O–H groups in total. The molecule has 0 fully saturated rings. The Balaban J connectivity index is 0.000000174. The van der Waals surface area contributed by atoms with Crippen molar-refractivity contribution in [3.63, 3.8) is 0 Å². The monoisotopic (exact) mass is 860 g/mol. The van der Waals surface area contributed by atoms with Gasteiger partial charge in [0.05, 0.1) is 37.1 Å². The van der Waals surface area contributed by atoms with Crippen molar-refractivity contribution in [2.24, 2.45) is 0 Å². The van der Waals surface area contributed by atoms with Crippen LogP contribution < -0.4 is 0 Å². The number of hydrogen-bond donors (Lipinski definition) is 0. The van der Waals surface area contributed by atoms with Crippen LogP contribution in [0.25, 0.3) is 67.5 Å². The molecule has 0 spiro atoms. The zero-order valence-corrected chi connectivity index (χ0v) is 35.2. The first-order valence-electron chi connectivity index (χ1n) is 17.5. The van der Waals surface area contributed by atoms with E-state index < -0.39 is 10.8 Å². The van der Waals surface area contributed by atoms with Crippen molar-refractivity contribution in [2.45, 2.75) is 9.79 Å². The lowest BCUT2D eigenvalue weighted by Crippen LogP contribution is -1.99. The summed E-state index contributed by atoms with van der Waals surface area (Å²) in [5.74, 6) is 0.967. The lowest BCUT2D eigenvalue weighted by Gasteiger charge is -2.10. The van der Waals surface area contributed by atoms with Gasteiger partial charge in [0.2, 0.25) is 0 Å². The number of benzene rings is 6. The van der Waals surface area contributed by atoms with E-state index in [0.29, 0.717) is 48.2 Å². The van der Waals surface area contributed by atoms with Crippen LogP contribution in [-0.2, 0) is 10.8 Å². The maximum atomic E-state index is 12.2. The molecule has 11 heteroatoms. The molecule has 0 saturated heterocycles. The van der Waals surface area contributed by atoms with Crippen LogP contribution in [0.1, 0.15) is 0 Å². The minimum Gasteiger partial charge on any atom is -0.255 e. The Morgan fingerprint density at radius 1 is 0.456 bits per heavy atom. The zero-order chi connectivity index (χ0) is 39.9. The highest BCUT2D eigenvalue weighted by atomic mass is 35.5. The topological polar surface area (TPSA) is 68.6 Å². The van der Waals surface area contributed by atoms with Crippen molar-refractivity contribution < 1.29 is 4.21 Å². The van der Waals surface area contributed by atoms with Crippen molar-refractivity contribution in [3.05, 3.63) is 178 Å². The number of hydrogen-bond acceptors (Lipinski definition) is 6. The van der Waals surface area contributed by atoms with Gasteiger partial charge in [0, 0.05) is 45.5 Å². The summed E-state index contributed by atoms with van der Waals surface area (Å²) in [6.45, 7) is 0. The third-order valence-corrected chi connectivity index (χ3v) is 12.0. The van der Waals surface area contributed by atoms with Crippen LogP contribution in [0.15, 0.2) is 168 Å². The minimum absolute atomic E-state index is 0.310. The maximum absolute atomic E-state index is 12.2. The smallest absolute Gasteiger partial charge is 0.162 e. The van der Waals surface area contributed by atoms with Crippen molar-refractivity contribution in [3.8, 4) is 67.5 Å². The fraction of sp³-hybridized carbons (Fsp3) is 0.0435. The van der Waals surface area contributed by atoms with E-state index in [2.05, 4.69) is 63.5 Å². The van der Waals surface area contributed by atoms with Gasteiger partial charge in [-0.1, -0.05) is 168 Å². The van der Waals surface area contributed by atoms with E-state index in [1.165, 1.54) is 5.56 Å². The van der Waals surface area contributed by atoms with Crippen LogP contribution in [0.2, 0.25) is 20.4 Å². The largest absolute Gasteiger partial charge is 0.255 e. The normalized spacial score (nSPS) is 11.4. The van der Waals surface area contributed by atoms with Gasteiger partial charge in [-0.3, -0.25) is 4.21 Å². The number of rotatable bonds is 8. The summed E-state index contributed by atoms with van der Waals surface area (Å²) >= 11 is 26.8. The summed E-state index contributed by atoms with van der Waals surface area (Å²) in [4.78, 5) is 19.6. The van der Waals surface area contributed by atoms with E-state index in [9.17, 15) is 4.21 Å². The Kier molecular flexibility index (Phi) is 13.2. The Bertz CT molecular complexity index is 2680. The highest BCUT2D eigenvalue weighted by Gasteiger charge is 2.17. The molecule has 1 unspecified atom stereocenters. The molecule has 6 aromatic carbocycles. The highest BCUT2D eigenvalue weighted by Crippen LogP contribution is 2.36. The molecule has 5 nitrogen and oxygen atoms in total. The van der Waals surface area contributed by atoms with Gasteiger partial charge >= 0.3 is 0 Å². The summed E-state index contributed by atoms with van der Waals surface area (Å²) in [5.41, 5.74) is 9.46. The van der Waals surface area contributed by atoms with Crippen LogP contribution in [0.4, 0.5) is 0 Å². The second-order valence-electron chi connectivity index (χ2n) is 12.6. The fourth-order valence-corrected chi connectivity index (χ4v) is 8.90. The van der Waals surface area contributed by atoms with Crippen molar-refractivity contribution >= 4 is 69.0 Å². The van der Waals surface area contributed by atoms with Gasteiger partial charge in [-0.2, -0.15) is 0 Å². The van der Waals surface area contributed by atoms with Crippen molar-refractivity contribution in [1.82, 2.24) is 19.9 Å². The first-order valence-corrected chi connectivity index (χ1v) is 21.8. The Morgan fingerprint density at radius 3 is 1.32 bits per heavy atom. The summed E-state index contributed by atoms with van der Waals surface area (Å²) < 4.78 is 12.2. The third kappa shape index (κ3) is 9.65. The lowest BCUT2D eigenvalue weighted by molar-refractivity contribution is 0.687. The molecule has 0 amide bonds. The molecule has 282 valence electrons. The molecular formula is C46H32Cl4N4OS2. The number of halogens is 4. The average Bonchev–Trinajstić information content (AvgIpc) is 3.24. The summed E-state index contributed by atoms with van der Waals surface area (Å²) in [6, 6.07) is 51.3. The molecule has 57 heavy (non-hydrogen) atoms. The fourth-order valence-electron chi connectivity index (χ4n) is 6.17. The molecule has 2 aromatic heterocycles. The van der Waals surface area contributed by atoms with Gasteiger partial charge in [0.15, 0.2) is 11.6 Å². The van der Waals surface area contributed by atoms with Gasteiger partial charge in [-0.15, -0.1) is 11.8 Å². The molecule has 0 saturated carbocycles. The standard InChI is InChI=1S/C23H16Cl2N2OS.C23H16Cl2N2S/c1-29(28)22-18(8-5-9-19(22)24)23-26-20(14-21(25)27-23)17-12-10-16(11-13-17)15-6-3-2-4-7-15;1-28-22-18(8-5-9-19(22)24)23-26-20(14-21(25)27-23)17-12-10-16(11-13-17)15-6-3-2-4-7-15/h2-14H,1H3;2-14H,1H3. The molecule has 8 rings (SSSR count). The lowest BCUT2D eigenvalue weighted by atomic mass is 10.0. The van der Waals surface area contributed by atoms with E-state index in [1.54, 1.807) is 48.3 Å². The van der Waals surface area contributed by atoms with Gasteiger partial charge in [-0.25, -0.2) is 19.9 Å². The molecule has 0 aliphatic carbocycles. The Hall–Kier alpha value is -4.86. The molecular weight excluding hydrogens is 830 g/mol. The Morgan fingerprint density at radius 2 is 0.860 bits per heavy atom. The highest BCUT2D eigenvalue weighted by molar-refractivity contribution is 7.98. The number of nitrogens with zero attached hydrogens (tertiary/aromatic N) is 4. The molecule has 0 aliphatic heterocycles. The second-order valence-corrected chi connectivity index (χ2v) is 16.3. The zero-order valence-electron chi connectivity index (χ0n) is 30.5. The predicted octanol–water partition coefficient (Wildman–Crippen LogP) is 14.0. The molecule has 0 aliphatic rings. The van der Waals surface area contributed by atoms with E-state index in [0.717, 1.165) is 44.0 Å². The quantitative estimate of drug-likeness (QED) is 0.112. The van der Waals surface area contributed by atoms with Gasteiger partial charge in [0.25, 0.3) is 0 Å². The van der Waals surface area contributed by atoms with Gasteiger partial charge < -0.3 is 0 Å². The maximum Gasteiger partial charge on any atom is 0.162 e. The first kappa shape index (κ1) is 40.3. The number of aromatic nitrogens is 4. The first-order chi connectivity index (χ1) is 27.7. The van der Waals surface area contributed by atoms with Crippen molar-refractivity contribution in [1.29, 1.82) is 0 Å². The Labute approximate surface area is 358 Å². The van der Waals surface area contributed by atoms with E-state index in [-0.39, 0.29) is 0 Å². The van der Waals surface area contributed by atoms with Gasteiger partial charge in [-0.05, 0) is 52.8 Å². The molecule has 0 radical (unpaired) electrons. The predicted molar refractivity (Wildman–Crippen MR) is 241 cm³/mol. The van der Waals surface area contributed by atoms with Crippen LogP contribution in [0.3, 0.4) is 0 Å².